The number of carbonyl (C=O) groups is 2. The number of aliphatic hydroxyl groups is 1. The molecule has 2 aromatic rings. The number of hydrogen-bond acceptors (Lipinski definition) is 5. The summed E-state index contributed by atoms with van der Waals surface area (Å²) < 4.78 is 0. The van der Waals surface area contributed by atoms with Crippen LogP contribution in [0.15, 0.2) is 54.6 Å². The van der Waals surface area contributed by atoms with E-state index in [-0.39, 0.29) is 6.47 Å². The molecule has 2 aliphatic heterocycles. The number of carbonyl (C=O) groups excluding carboxylic acids is 1. The molecule has 4 rings (SSSR count). The van der Waals surface area contributed by atoms with Gasteiger partial charge in [0.25, 0.3) is 6.47 Å². The number of piperazine rings is 1. The van der Waals surface area contributed by atoms with Gasteiger partial charge in [0.2, 0.25) is 6.41 Å². The maximum Gasteiger partial charge on any atom is 0.290 e. The number of benzene rings is 2. The lowest BCUT2D eigenvalue weighted by molar-refractivity contribution is -0.123. The van der Waals surface area contributed by atoms with Crippen molar-refractivity contribution in [3.05, 3.63) is 65.2 Å². The Kier molecular flexibility index (Phi) is 7.31. The average Bonchev–Trinajstić information content (AvgIpc) is 3.12. The van der Waals surface area contributed by atoms with Gasteiger partial charge in [-0.1, -0.05) is 48.0 Å². The molecular formula is C22H26ClN3O4. The van der Waals surface area contributed by atoms with E-state index in [0.29, 0.717) is 18.1 Å². The number of carboxylic acid groups (broad SMARTS) is 1. The van der Waals surface area contributed by atoms with Crippen LogP contribution in [0.25, 0.3) is 0 Å². The van der Waals surface area contributed by atoms with Gasteiger partial charge in [0.15, 0.2) is 0 Å². The van der Waals surface area contributed by atoms with E-state index in [1.54, 1.807) is 4.90 Å². The monoisotopic (exact) mass is 431 g/mol. The summed E-state index contributed by atoms with van der Waals surface area (Å²) in [5.74, 6) is 0. The molecule has 2 fully saturated rings. The van der Waals surface area contributed by atoms with Crippen molar-refractivity contribution in [3.63, 3.8) is 0 Å². The minimum Gasteiger partial charge on any atom is -0.483 e. The molecule has 2 unspecified atom stereocenters. The molecule has 2 saturated heterocycles. The number of likely N-dealkylation sites (tertiary alicyclic amines) is 1. The average molecular weight is 432 g/mol. The zero-order chi connectivity index (χ0) is 21.6. The summed E-state index contributed by atoms with van der Waals surface area (Å²) in [6, 6.07) is 18.0. The van der Waals surface area contributed by atoms with Crippen LogP contribution in [0.1, 0.15) is 5.56 Å². The summed E-state index contributed by atoms with van der Waals surface area (Å²) in [5.41, 5.74) is 1.45. The van der Waals surface area contributed by atoms with E-state index in [2.05, 4.69) is 34.1 Å². The molecule has 8 heteroatoms. The van der Waals surface area contributed by atoms with E-state index in [9.17, 15) is 9.90 Å². The van der Waals surface area contributed by atoms with Gasteiger partial charge in [-0.05, 0) is 23.8 Å². The smallest absolute Gasteiger partial charge is 0.290 e. The summed E-state index contributed by atoms with van der Waals surface area (Å²) >= 11 is 6.54. The SMILES string of the molecule is O=CN1CC(O)C(c2ccccc2Cl)(N2CCN(c3ccccc3)CC2)C1.O=CO. The Bertz CT molecular complexity index is 845. The molecule has 0 saturated carbocycles. The van der Waals surface area contributed by atoms with Crippen molar-refractivity contribution >= 4 is 30.2 Å². The van der Waals surface area contributed by atoms with Crippen molar-refractivity contribution in [3.8, 4) is 0 Å². The first kappa shape index (κ1) is 22.1. The number of halogens is 1. The largest absolute Gasteiger partial charge is 0.483 e. The highest BCUT2D eigenvalue weighted by atomic mass is 35.5. The molecule has 0 radical (unpaired) electrons. The molecule has 2 atom stereocenters. The Morgan fingerprint density at radius 1 is 0.967 bits per heavy atom. The van der Waals surface area contributed by atoms with Gasteiger partial charge in [0.1, 0.15) is 0 Å². The molecule has 7 nitrogen and oxygen atoms in total. The molecule has 30 heavy (non-hydrogen) atoms. The highest BCUT2D eigenvalue weighted by molar-refractivity contribution is 6.31. The van der Waals surface area contributed by atoms with Crippen LogP contribution in [-0.4, -0.2) is 78.3 Å². The lowest BCUT2D eigenvalue weighted by Gasteiger charge is -2.48. The number of nitrogens with zero attached hydrogens (tertiary/aromatic N) is 3. The van der Waals surface area contributed by atoms with Gasteiger partial charge < -0.3 is 20.0 Å². The number of amides is 1. The molecule has 2 N–H and O–H groups in total. The van der Waals surface area contributed by atoms with E-state index < -0.39 is 11.6 Å². The molecule has 0 spiro atoms. The van der Waals surface area contributed by atoms with Gasteiger partial charge in [-0.3, -0.25) is 14.5 Å². The number of β-amino-alcohol motifs (C(OH)–C–C–N with tert-alkyl or cyclic N) is 1. The van der Waals surface area contributed by atoms with Crippen LogP contribution in [0.5, 0.6) is 0 Å². The Labute approximate surface area is 181 Å². The van der Waals surface area contributed by atoms with E-state index in [0.717, 1.165) is 38.2 Å². The standard InChI is InChI=1S/C21H24ClN3O2.CH2O2/c22-19-9-5-4-8-18(19)21(15-23(16-26)14-20(21)27)25-12-10-24(11-13-25)17-6-2-1-3-7-17;2-1-3/h1-9,16,20,27H,10-15H2;1H,(H,2,3). The molecule has 2 heterocycles. The van der Waals surface area contributed by atoms with E-state index in [1.807, 2.05) is 30.3 Å². The number of aliphatic hydroxyl groups excluding tert-OH is 1. The minimum absolute atomic E-state index is 0.250. The second-order valence-corrected chi connectivity index (χ2v) is 7.78. The van der Waals surface area contributed by atoms with Crippen LogP contribution in [-0.2, 0) is 15.1 Å². The van der Waals surface area contributed by atoms with Crippen molar-refractivity contribution < 1.29 is 19.8 Å². The molecule has 0 bridgehead atoms. The van der Waals surface area contributed by atoms with Gasteiger partial charge in [-0.15, -0.1) is 0 Å². The minimum atomic E-state index is -0.675. The maximum atomic E-state index is 11.4. The lowest BCUT2D eigenvalue weighted by atomic mass is 9.84. The second-order valence-electron chi connectivity index (χ2n) is 7.37. The van der Waals surface area contributed by atoms with Crippen molar-refractivity contribution in [1.29, 1.82) is 0 Å². The molecular weight excluding hydrogens is 406 g/mol. The quantitative estimate of drug-likeness (QED) is 0.719. The predicted molar refractivity (Wildman–Crippen MR) is 116 cm³/mol. The molecule has 2 aromatic carbocycles. The van der Waals surface area contributed by atoms with Gasteiger partial charge >= 0.3 is 0 Å². The zero-order valence-electron chi connectivity index (χ0n) is 16.6. The zero-order valence-corrected chi connectivity index (χ0v) is 17.4. The maximum absolute atomic E-state index is 11.4. The molecule has 0 aliphatic carbocycles. The first-order valence-corrected chi connectivity index (χ1v) is 10.2. The normalized spacial score (nSPS) is 24.1. The molecule has 2 aliphatic rings. The van der Waals surface area contributed by atoms with E-state index in [1.165, 1.54) is 5.69 Å². The third-order valence-electron chi connectivity index (χ3n) is 5.86. The Balaban J connectivity index is 0.000000806. The van der Waals surface area contributed by atoms with Gasteiger partial charge in [0, 0.05) is 50.0 Å². The summed E-state index contributed by atoms with van der Waals surface area (Å²) in [7, 11) is 0. The van der Waals surface area contributed by atoms with Gasteiger partial charge in [-0.2, -0.15) is 0 Å². The molecule has 0 aromatic heterocycles. The van der Waals surface area contributed by atoms with Gasteiger partial charge in [0.05, 0.1) is 11.6 Å². The summed E-state index contributed by atoms with van der Waals surface area (Å²) in [6.07, 6.45) is 0.146. The van der Waals surface area contributed by atoms with E-state index >= 15 is 0 Å². The fourth-order valence-electron chi connectivity index (χ4n) is 4.49. The predicted octanol–water partition coefficient (Wildman–Crippen LogP) is 1.89. The van der Waals surface area contributed by atoms with Crippen molar-refractivity contribution in [2.75, 3.05) is 44.2 Å². The topological polar surface area (TPSA) is 84.3 Å². The first-order valence-electron chi connectivity index (χ1n) is 9.82. The fourth-order valence-corrected chi connectivity index (χ4v) is 4.79. The highest BCUT2D eigenvalue weighted by Gasteiger charge is 2.52. The number of rotatable bonds is 4. The fraction of sp³-hybridized carbons (Fsp3) is 0.364. The van der Waals surface area contributed by atoms with Crippen molar-refractivity contribution in [2.45, 2.75) is 11.6 Å². The number of para-hydroxylation sites is 1. The molecule has 160 valence electrons. The van der Waals surface area contributed by atoms with Crippen LogP contribution in [0.2, 0.25) is 5.02 Å². The second kappa shape index (κ2) is 9.93. The highest BCUT2D eigenvalue weighted by Crippen LogP contribution is 2.41. The van der Waals surface area contributed by atoms with Crippen molar-refractivity contribution in [2.24, 2.45) is 0 Å². The van der Waals surface area contributed by atoms with Gasteiger partial charge in [-0.25, -0.2) is 0 Å². The lowest BCUT2D eigenvalue weighted by Crippen LogP contribution is -2.60. The third kappa shape index (κ3) is 4.28. The van der Waals surface area contributed by atoms with Crippen LogP contribution in [0.3, 0.4) is 0 Å². The Hall–Kier alpha value is -2.61. The summed E-state index contributed by atoms with van der Waals surface area (Å²) in [5, 5.41) is 18.6. The Morgan fingerprint density at radius 2 is 1.57 bits per heavy atom. The number of hydrogen-bond donors (Lipinski definition) is 2. The Morgan fingerprint density at radius 3 is 2.13 bits per heavy atom. The van der Waals surface area contributed by atoms with Crippen molar-refractivity contribution in [1.82, 2.24) is 9.80 Å². The summed E-state index contributed by atoms with van der Waals surface area (Å²) in [6.45, 7) is 3.85. The van der Waals surface area contributed by atoms with Crippen LogP contribution in [0, 0.1) is 0 Å². The van der Waals surface area contributed by atoms with Crippen LogP contribution < -0.4 is 4.90 Å². The molecule has 1 amide bonds. The van der Waals surface area contributed by atoms with E-state index in [4.69, 9.17) is 21.5 Å². The van der Waals surface area contributed by atoms with Crippen LogP contribution >= 0.6 is 11.6 Å². The first-order chi connectivity index (χ1) is 14.6. The van der Waals surface area contributed by atoms with Crippen LogP contribution in [0.4, 0.5) is 5.69 Å². The summed E-state index contributed by atoms with van der Waals surface area (Å²) in [4.78, 5) is 26.1. The number of anilines is 1. The third-order valence-corrected chi connectivity index (χ3v) is 6.19.